The summed E-state index contributed by atoms with van der Waals surface area (Å²) < 4.78 is 16.4. The topological polar surface area (TPSA) is 65.2 Å². The molecular formula is C7H8BrFN2O2. The van der Waals surface area contributed by atoms with Gasteiger partial charge in [0.25, 0.3) is 6.47 Å². The lowest BCUT2D eigenvalue weighted by Crippen LogP contribution is -1.88. The van der Waals surface area contributed by atoms with Gasteiger partial charge in [-0.15, -0.1) is 0 Å². The van der Waals surface area contributed by atoms with E-state index in [1.165, 1.54) is 19.4 Å². The molecule has 0 saturated heterocycles. The first-order valence-electron chi connectivity index (χ1n) is 3.14. The number of carbonyl (C=O) groups is 1. The van der Waals surface area contributed by atoms with Crippen molar-refractivity contribution in [2.75, 3.05) is 12.8 Å². The van der Waals surface area contributed by atoms with Crippen molar-refractivity contribution in [3.8, 4) is 0 Å². The third kappa shape index (κ3) is 5.13. The fourth-order valence-electron chi connectivity index (χ4n) is 0.436. The quantitative estimate of drug-likeness (QED) is 0.604. The van der Waals surface area contributed by atoms with Crippen LogP contribution in [0.15, 0.2) is 16.9 Å². The number of nitrogen functional groups attached to an aromatic ring is 1. The van der Waals surface area contributed by atoms with Crippen LogP contribution in [0.2, 0.25) is 0 Å². The number of ether oxygens (including phenoxy) is 1. The first-order valence-corrected chi connectivity index (χ1v) is 3.94. The number of carbonyl (C=O) groups excluding carboxylic acids is 1. The Morgan fingerprint density at radius 3 is 2.62 bits per heavy atom. The highest BCUT2D eigenvalue weighted by Crippen LogP contribution is 2.12. The molecule has 1 aromatic rings. The van der Waals surface area contributed by atoms with Crippen LogP contribution in [-0.4, -0.2) is 18.6 Å². The zero-order valence-corrected chi connectivity index (χ0v) is 8.42. The molecule has 13 heavy (non-hydrogen) atoms. The molecule has 72 valence electrons. The smallest absolute Gasteiger partial charge is 0.292 e. The monoisotopic (exact) mass is 250 g/mol. The lowest BCUT2D eigenvalue weighted by atomic mass is 10.4. The van der Waals surface area contributed by atoms with Crippen LogP contribution in [0.1, 0.15) is 0 Å². The normalized spacial score (nSPS) is 8.23. The van der Waals surface area contributed by atoms with E-state index in [9.17, 15) is 4.39 Å². The molecule has 0 atom stereocenters. The van der Waals surface area contributed by atoms with Gasteiger partial charge in [0, 0.05) is 6.07 Å². The number of methoxy groups -OCH3 is 1. The van der Waals surface area contributed by atoms with Crippen LogP contribution in [-0.2, 0) is 9.53 Å². The fraction of sp³-hybridized carbons (Fsp3) is 0.143. The minimum absolute atomic E-state index is 0.191. The Labute approximate surface area is 83.0 Å². The van der Waals surface area contributed by atoms with Gasteiger partial charge in [-0.2, -0.15) is 0 Å². The average molecular weight is 251 g/mol. The molecule has 0 bridgehead atoms. The van der Waals surface area contributed by atoms with E-state index in [-0.39, 0.29) is 4.60 Å². The Hall–Kier alpha value is -1.17. The van der Waals surface area contributed by atoms with Crippen LogP contribution in [0.5, 0.6) is 0 Å². The van der Waals surface area contributed by atoms with E-state index in [0.717, 1.165) is 0 Å². The highest BCUT2D eigenvalue weighted by Gasteiger charge is 1.97. The van der Waals surface area contributed by atoms with Crippen LogP contribution in [0.25, 0.3) is 0 Å². The summed E-state index contributed by atoms with van der Waals surface area (Å²) in [6.07, 6.45) is 1.38. The molecule has 1 aromatic heterocycles. The van der Waals surface area contributed by atoms with Gasteiger partial charge in [-0.1, -0.05) is 0 Å². The van der Waals surface area contributed by atoms with Gasteiger partial charge in [-0.05, 0) is 15.9 Å². The molecule has 1 heterocycles. The molecule has 0 aliphatic heterocycles. The van der Waals surface area contributed by atoms with Crippen LogP contribution in [0.3, 0.4) is 0 Å². The molecular weight excluding hydrogens is 243 g/mol. The van der Waals surface area contributed by atoms with Crippen molar-refractivity contribution in [2.24, 2.45) is 0 Å². The van der Waals surface area contributed by atoms with Crippen molar-refractivity contribution in [1.29, 1.82) is 0 Å². The van der Waals surface area contributed by atoms with Gasteiger partial charge < -0.3 is 10.5 Å². The summed E-state index contributed by atoms with van der Waals surface area (Å²) in [7, 11) is 1.31. The maximum atomic E-state index is 12.4. The number of nitrogens with two attached hydrogens (primary N) is 1. The Morgan fingerprint density at radius 1 is 1.77 bits per heavy atom. The van der Waals surface area contributed by atoms with Gasteiger partial charge in [0.2, 0.25) is 0 Å². The van der Waals surface area contributed by atoms with Gasteiger partial charge in [-0.25, -0.2) is 9.37 Å². The largest absolute Gasteiger partial charge is 0.471 e. The Kier molecular flexibility index (Phi) is 5.79. The number of nitrogens with zero attached hydrogens (tertiary/aromatic N) is 1. The summed E-state index contributed by atoms with van der Waals surface area (Å²) in [6.45, 7) is 0.375. The molecule has 0 aromatic carbocycles. The molecule has 4 nitrogen and oxygen atoms in total. The average Bonchev–Trinajstić information content (AvgIpc) is 2.12. The summed E-state index contributed by atoms with van der Waals surface area (Å²) in [4.78, 5) is 12.5. The second kappa shape index (κ2) is 6.36. The molecule has 0 aliphatic carbocycles. The molecule has 0 amide bonds. The maximum absolute atomic E-state index is 12.4. The molecule has 0 radical (unpaired) electrons. The summed E-state index contributed by atoms with van der Waals surface area (Å²) in [6, 6.07) is 1.21. The lowest BCUT2D eigenvalue weighted by molar-refractivity contribution is -0.126. The highest BCUT2D eigenvalue weighted by atomic mass is 79.9. The third-order valence-corrected chi connectivity index (χ3v) is 1.50. The molecule has 0 unspecified atom stereocenters. The number of rotatable bonds is 1. The molecule has 6 heteroatoms. The summed E-state index contributed by atoms with van der Waals surface area (Å²) in [5, 5.41) is 0. The van der Waals surface area contributed by atoms with Crippen molar-refractivity contribution < 1.29 is 13.9 Å². The standard InChI is InChI=1S/C5H4BrFN2.C2H4O2/c6-5-4(7)1-3(8)2-9-5;1-4-2-3/h1-2H,8H2;2H,1H3. The van der Waals surface area contributed by atoms with Crippen molar-refractivity contribution in [3.63, 3.8) is 0 Å². The summed E-state index contributed by atoms with van der Waals surface area (Å²) in [5.41, 5.74) is 5.53. The van der Waals surface area contributed by atoms with Crippen molar-refractivity contribution in [3.05, 3.63) is 22.7 Å². The van der Waals surface area contributed by atoms with Gasteiger partial charge >= 0.3 is 0 Å². The van der Waals surface area contributed by atoms with Gasteiger partial charge in [0.1, 0.15) is 4.60 Å². The Balaban J connectivity index is 0.000000310. The number of pyridine rings is 1. The van der Waals surface area contributed by atoms with E-state index < -0.39 is 5.82 Å². The van der Waals surface area contributed by atoms with Crippen LogP contribution < -0.4 is 5.73 Å². The maximum Gasteiger partial charge on any atom is 0.292 e. The van der Waals surface area contributed by atoms with Crippen molar-refractivity contribution in [1.82, 2.24) is 4.98 Å². The molecule has 2 N–H and O–H groups in total. The van der Waals surface area contributed by atoms with Gasteiger partial charge in [0.15, 0.2) is 5.82 Å². The summed E-state index contributed by atoms with van der Waals surface area (Å²) >= 11 is 2.89. The Morgan fingerprint density at radius 2 is 2.31 bits per heavy atom. The van der Waals surface area contributed by atoms with E-state index in [0.29, 0.717) is 12.2 Å². The van der Waals surface area contributed by atoms with E-state index in [4.69, 9.17) is 10.5 Å². The van der Waals surface area contributed by atoms with E-state index >= 15 is 0 Å². The highest BCUT2D eigenvalue weighted by molar-refractivity contribution is 9.10. The zero-order valence-electron chi connectivity index (χ0n) is 6.83. The summed E-state index contributed by atoms with van der Waals surface area (Å²) in [5.74, 6) is -0.435. The van der Waals surface area contributed by atoms with E-state index in [1.54, 1.807) is 0 Å². The molecule has 0 saturated carbocycles. The van der Waals surface area contributed by atoms with Gasteiger partial charge in [-0.3, -0.25) is 4.79 Å². The molecule has 0 fully saturated rings. The first-order chi connectivity index (χ1) is 6.11. The van der Waals surface area contributed by atoms with E-state index in [2.05, 4.69) is 25.7 Å². The van der Waals surface area contributed by atoms with Gasteiger partial charge in [0.05, 0.1) is 19.0 Å². The minimum atomic E-state index is -0.435. The number of halogens is 2. The van der Waals surface area contributed by atoms with E-state index in [1.807, 2.05) is 0 Å². The molecule has 0 aliphatic rings. The predicted octanol–water partition coefficient (Wildman–Crippen LogP) is 1.35. The zero-order chi connectivity index (χ0) is 10.3. The first kappa shape index (κ1) is 11.8. The van der Waals surface area contributed by atoms with Crippen LogP contribution in [0, 0.1) is 5.82 Å². The number of hydrogen-bond donors (Lipinski definition) is 1. The molecule has 1 rings (SSSR count). The van der Waals surface area contributed by atoms with Crippen LogP contribution in [0.4, 0.5) is 10.1 Å². The fourth-order valence-corrected chi connectivity index (χ4v) is 0.653. The number of aromatic nitrogens is 1. The Bertz CT molecular complexity index is 283. The SMILES string of the molecule is COC=O.Nc1cnc(Br)c(F)c1. The molecule has 0 spiro atoms. The number of hydrogen-bond acceptors (Lipinski definition) is 4. The number of anilines is 1. The lowest BCUT2D eigenvalue weighted by Gasteiger charge is -1.92. The predicted molar refractivity (Wildman–Crippen MR) is 49.4 cm³/mol. The third-order valence-electron chi connectivity index (χ3n) is 0.914. The van der Waals surface area contributed by atoms with Crippen molar-refractivity contribution >= 4 is 28.1 Å². The second-order valence-electron chi connectivity index (χ2n) is 1.87. The van der Waals surface area contributed by atoms with Crippen LogP contribution >= 0.6 is 15.9 Å². The second-order valence-corrected chi connectivity index (χ2v) is 2.62. The minimum Gasteiger partial charge on any atom is -0.471 e. The van der Waals surface area contributed by atoms with Crippen molar-refractivity contribution in [2.45, 2.75) is 0 Å².